The quantitative estimate of drug-likeness (QED) is 0.325. The molecule has 0 spiro atoms. The van der Waals surface area contributed by atoms with Crippen molar-refractivity contribution in [1.29, 1.82) is 0 Å². The molecule has 3 aromatic heterocycles. The second-order valence-electron chi connectivity index (χ2n) is 10.9. The van der Waals surface area contributed by atoms with E-state index in [1.54, 1.807) is 12.1 Å². The molecule has 2 saturated carbocycles. The molecule has 2 aliphatic carbocycles. The van der Waals surface area contributed by atoms with E-state index in [1.807, 2.05) is 17.0 Å². The molecule has 10 nitrogen and oxygen atoms in total. The molecule has 40 heavy (non-hydrogen) atoms. The zero-order chi connectivity index (χ0) is 27.7. The minimum Gasteiger partial charge on any atom is -0.350 e. The molecule has 0 aromatic carbocycles. The van der Waals surface area contributed by atoms with Gasteiger partial charge in [0.25, 0.3) is 0 Å². The minimum atomic E-state index is -1.25. The van der Waals surface area contributed by atoms with Gasteiger partial charge >= 0.3 is 0 Å². The number of halogens is 1. The van der Waals surface area contributed by atoms with E-state index in [2.05, 4.69) is 42.6 Å². The van der Waals surface area contributed by atoms with Crippen molar-refractivity contribution in [1.82, 2.24) is 25.4 Å². The van der Waals surface area contributed by atoms with Crippen molar-refractivity contribution < 1.29 is 14.0 Å². The lowest BCUT2D eigenvalue weighted by molar-refractivity contribution is -0.117. The van der Waals surface area contributed by atoms with Gasteiger partial charge in [-0.3, -0.25) is 9.59 Å². The fourth-order valence-electron chi connectivity index (χ4n) is 5.35. The van der Waals surface area contributed by atoms with Crippen LogP contribution in [-0.2, 0) is 16.0 Å². The van der Waals surface area contributed by atoms with Crippen molar-refractivity contribution in [2.45, 2.75) is 68.9 Å². The summed E-state index contributed by atoms with van der Waals surface area (Å²) in [6.45, 7) is 4.17. The number of nitrogens with zero attached hydrogens (tertiary/aromatic N) is 6. The Morgan fingerprint density at radius 3 is 2.35 bits per heavy atom. The van der Waals surface area contributed by atoms with Crippen molar-refractivity contribution in [3.8, 4) is 0 Å². The van der Waals surface area contributed by atoms with E-state index in [1.165, 1.54) is 22.7 Å². The molecule has 3 aromatic rings. The highest BCUT2D eigenvalue weighted by Crippen LogP contribution is 2.43. The molecule has 2 atom stereocenters. The first-order chi connectivity index (χ1) is 19.4. The number of aromatic nitrogens is 5. The summed E-state index contributed by atoms with van der Waals surface area (Å²) in [7, 11) is 0. The molecule has 1 aliphatic heterocycles. The summed E-state index contributed by atoms with van der Waals surface area (Å²) in [5.41, 5.74) is -0.641. The molecular formula is C27H31FN8O2S2. The molecule has 0 bridgehead atoms. The fraction of sp³-hybridized carbons (Fsp3) is 0.519. The van der Waals surface area contributed by atoms with Gasteiger partial charge in [-0.05, 0) is 44.2 Å². The van der Waals surface area contributed by atoms with Crippen LogP contribution in [0.3, 0.4) is 0 Å². The molecule has 6 rings (SSSR count). The highest BCUT2D eigenvalue weighted by molar-refractivity contribution is 7.15. The highest BCUT2D eigenvalue weighted by atomic mass is 32.1. The highest BCUT2D eigenvalue weighted by Gasteiger charge is 2.43. The Hall–Kier alpha value is -3.32. The van der Waals surface area contributed by atoms with Crippen molar-refractivity contribution in [2.75, 3.05) is 28.6 Å². The Labute approximate surface area is 239 Å². The van der Waals surface area contributed by atoms with E-state index in [4.69, 9.17) is 0 Å². The summed E-state index contributed by atoms with van der Waals surface area (Å²) in [6.07, 6.45) is 7.86. The summed E-state index contributed by atoms with van der Waals surface area (Å²) >= 11 is 2.86. The van der Waals surface area contributed by atoms with Gasteiger partial charge in [0, 0.05) is 24.2 Å². The maximum absolute atomic E-state index is 14.5. The minimum absolute atomic E-state index is 0.0411. The summed E-state index contributed by atoms with van der Waals surface area (Å²) < 4.78 is 14.5. The van der Waals surface area contributed by atoms with Crippen LogP contribution in [0, 0.1) is 5.92 Å². The van der Waals surface area contributed by atoms with Crippen LogP contribution in [0.5, 0.6) is 0 Å². The van der Waals surface area contributed by atoms with Crippen molar-refractivity contribution in [3.05, 3.63) is 46.6 Å². The number of nitrogens with one attached hydrogen (secondary N) is 2. The Balaban J connectivity index is 1.02. The average molecular weight is 583 g/mol. The first kappa shape index (κ1) is 26.9. The topological polar surface area (TPSA) is 126 Å². The van der Waals surface area contributed by atoms with Gasteiger partial charge in [0.2, 0.25) is 22.1 Å². The normalized spacial score (nSPS) is 21.9. The number of carbonyl (C=O) groups excluding carboxylic acids is 2. The predicted octanol–water partition coefficient (Wildman–Crippen LogP) is 4.86. The zero-order valence-electron chi connectivity index (χ0n) is 22.0. The third-order valence-electron chi connectivity index (χ3n) is 7.59. The summed E-state index contributed by atoms with van der Waals surface area (Å²) in [5, 5.41) is 25.8. The van der Waals surface area contributed by atoms with E-state index >= 15 is 0 Å². The van der Waals surface area contributed by atoms with Gasteiger partial charge in [-0.1, -0.05) is 41.2 Å². The second-order valence-corrected chi connectivity index (χ2v) is 12.9. The molecular weight excluding hydrogens is 551 g/mol. The Bertz CT molecular complexity index is 1400. The van der Waals surface area contributed by atoms with Gasteiger partial charge in [-0.2, -0.15) is 0 Å². The van der Waals surface area contributed by atoms with E-state index in [0.717, 1.165) is 48.5 Å². The molecule has 3 fully saturated rings. The fourth-order valence-corrected chi connectivity index (χ4v) is 7.15. The van der Waals surface area contributed by atoms with Crippen LogP contribution in [0.1, 0.15) is 72.5 Å². The number of pyridine rings is 1. The number of carbonyl (C=O) groups is 2. The predicted molar refractivity (Wildman–Crippen MR) is 153 cm³/mol. The monoisotopic (exact) mass is 582 g/mol. The molecule has 0 unspecified atom stereocenters. The van der Waals surface area contributed by atoms with E-state index in [0.29, 0.717) is 28.2 Å². The van der Waals surface area contributed by atoms with Crippen LogP contribution in [0.2, 0.25) is 0 Å². The standard InChI is InChI=1S/C27H31FN8O2S2/c1-2-11-27(28)14-36(15-27)20-8-4-7-19(29-20)13-21(37)30-25-34-32-23(39-25)17-5-3-6-18(12-17)24-33-35-26(40-24)31-22(38)16-9-10-16/h2,4,7-8,16-18H,1,3,5-6,9-15H2,(H,30,34,37)(H,31,35,38)/t17-,18-/m0/s1. The number of anilines is 3. The van der Waals surface area contributed by atoms with Gasteiger partial charge in [0.1, 0.15) is 21.5 Å². The molecule has 2 N–H and O–H groups in total. The number of rotatable bonds is 10. The first-order valence-electron chi connectivity index (χ1n) is 13.7. The first-order valence-corrected chi connectivity index (χ1v) is 15.3. The lowest BCUT2D eigenvalue weighted by Gasteiger charge is -2.44. The van der Waals surface area contributed by atoms with Crippen LogP contribution in [0.15, 0.2) is 30.9 Å². The van der Waals surface area contributed by atoms with Crippen LogP contribution >= 0.6 is 22.7 Å². The number of hydrogen-bond acceptors (Lipinski definition) is 10. The summed E-state index contributed by atoms with van der Waals surface area (Å²) in [5.74, 6) is 1.10. The van der Waals surface area contributed by atoms with Crippen molar-refractivity contribution in [3.63, 3.8) is 0 Å². The van der Waals surface area contributed by atoms with Gasteiger partial charge < -0.3 is 15.5 Å². The average Bonchev–Trinajstić information content (AvgIpc) is 3.51. The molecule has 1 saturated heterocycles. The largest absolute Gasteiger partial charge is 0.350 e. The van der Waals surface area contributed by atoms with Gasteiger partial charge in [-0.25, -0.2) is 9.37 Å². The zero-order valence-corrected chi connectivity index (χ0v) is 23.6. The number of allylic oxidation sites excluding steroid dienone is 1. The van der Waals surface area contributed by atoms with Gasteiger partial charge in [-0.15, -0.1) is 27.0 Å². The molecule has 0 radical (unpaired) electrons. The Kier molecular flexibility index (Phi) is 7.58. The molecule has 2 amide bonds. The number of hydrogen-bond donors (Lipinski definition) is 2. The van der Waals surface area contributed by atoms with E-state index < -0.39 is 5.67 Å². The molecule has 210 valence electrons. The van der Waals surface area contributed by atoms with E-state index in [-0.39, 0.29) is 49.1 Å². The third kappa shape index (κ3) is 6.20. The van der Waals surface area contributed by atoms with Crippen molar-refractivity contribution in [2.24, 2.45) is 5.92 Å². The van der Waals surface area contributed by atoms with E-state index in [9.17, 15) is 14.0 Å². The summed E-state index contributed by atoms with van der Waals surface area (Å²) in [6, 6.07) is 5.45. The van der Waals surface area contributed by atoms with Crippen LogP contribution in [0.4, 0.5) is 20.5 Å². The Morgan fingerprint density at radius 2 is 1.70 bits per heavy atom. The number of alkyl halides is 1. The maximum atomic E-state index is 14.5. The number of amides is 2. The van der Waals surface area contributed by atoms with Crippen LogP contribution in [-0.4, -0.2) is 56.0 Å². The van der Waals surface area contributed by atoms with Gasteiger partial charge in [0.15, 0.2) is 0 Å². The van der Waals surface area contributed by atoms with Gasteiger partial charge in [0.05, 0.1) is 25.2 Å². The van der Waals surface area contributed by atoms with Crippen LogP contribution in [0.25, 0.3) is 0 Å². The Morgan fingerprint density at radius 1 is 1.02 bits per heavy atom. The molecule has 3 aliphatic rings. The molecule has 13 heteroatoms. The van der Waals surface area contributed by atoms with Crippen LogP contribution < -0.4 is 15.5 Å². The second kappa shape index (κ2) is 11.3. The van der Waals surface area contributed by atoms with Crippen molar-refractivity contribution >= 4 is 50.6 Å². The third-order valence-corrected chi connectivity index (χ3v) is 9.60. The maximum Gasteiger partial charge on any atom is 0.232 e. The lowest BCUT2D eigenvalue weighted by atomic mass is 9.82. The smallest absolute Gasteiger partial charge is 0.232 e. The lowest BCUT2D eigenvalue weighted by Crippen LogP contribution is -2.59. The SMILES string of the molecule is C=CCC1(F)CN(c2cccc(CC(=O)Nc3nnc([C@H]4CCC[C@H](c5nnc(NC(=O)C6CC6)s5)C4)s3)n2)C1. The summed E-state index contributed by atoms with van der Waals surface area (Å²) in [4.78, 5) is 31.2. The molecule has 4 heterocycles.